The molecule has 0 unspecified atom stereocenters. The summed E-state index contributed by atoms with van der Waals surface area (Å²) in [5.41, 5.74) is 2.01. The average molecular weight is 305 g/mol. The van der Waals surface area contributed by atoms with E-state index in [1.54, 1.807) is 0 Å². The quantitative estimate of drug-likeness (QED) is 0.856. The van der Waals surface area contributed by atoms with Crippen molar-refractivity contribution in [3.8, 4) is 0 Å². The minimum atomic E-state index is 0.294. The molecule has 1 aromatic heterocycles. The fourth-order valence-corrected chi connectivity index (χ4v) is 4.16. The highest BCUT2D eigenvalue weighted by Crippen LogP contribution is 2.29. The van der Waals surface area contributed by atoms with Crippen LogP contribution in [-0.4, -0.2) is 53.1 Å². The van der Waals surface area contributed by atoms with Crippen LogP contribution in [0, 0.1) is 13.8 Å². The number of amides is 1. The van der Waals surface area contributed by atoms with E-state index in [0.29, 0.717) is 24.4 Å². The van der Waals surface area contributed by atoms with Gasteiger partial charge in [-0.25, -0.2) is 0 Å². The Hall–Kier alpha value is -1.36. The predicted octanol–water partition coefficient (Wildman–Crippen LogP) is 2.31. The van der Waals surface area contributed by atoms with Gasteiger partial charge in [0.15, 0.2) is 0 Å². The maximum Gasteiger partial charge on any atom is 0.223 e. The molecule has 2 aliphatic heterocycles. The van der Waals surface area contributed by atoms with Crippen molar-refractivity contribution >= 4 is 5.91 Å². The van der Waals surface area contributed by atoms with Crippen molar-refractivity contribution in [3.63, 3.8) is 0 Å². The van der Waals surface area contributed by atoms with Gasteiger partial charge in [-0.3, -0.25) is 4.79 Å². The first kappa shape index (κ1) is 15.5. The molecule has 122 valence electrons. The molecule has 3 heterocycles. The standard InChI is InChI=1S/C17H27N3O2/c1-12-14(13(2)22-18-12)8-9-17(21)20-11-5-7-16(20)15-6-4-10-19(15)3/h15-16H,4-11H2,1-3H3/t15-,16-/m0/s1. The van der Waals surface area contributed by atoms with Crippen molar-refractivity contribution < 1.29 is 9.32 Å². The van der Waals surface area contributed by atoms with Gasteiger partial charge in [-0.15, -0.1) is 0 Å². The normalized spacial score (nSPS) is 26.0. The molecule has 0 saturated carbocycles. The molecule has 5 heteroatoms. The fourth-order valence-electron chi connectivity index (χ4n) is 4.16. The minimum absolute atomic E-state index is 0.294. The Morgan fingerprint density at radius 2 is 1.95 bits per heavy atom. The van der Waals surface area contributed by atoms with Gasteiger partial charge in [0, 0.05) is 30.6 Å². The van der Waals surface area contributed by atoms with Crippen molar-refractivity contribution in [2.45, 2.75) is 64.5 Å². The van der Waals surface area contributed by atoms with E-state index in [0.717, 1.165) is 42.8 Å². The van der Waals surface area contributed by atoms with Gasteiger partial charge in [0.1, 0.15) is 5.76 Å². The number of hydrogen-bond donors (Lipinski definition) is 0. The van der Waals surface area contributed by atoms with Gasteiger partial charge in [0.05, 0.1) is 5.69 Å². The number of rotatable bonds is 4. The number of aryl methyl sites for hydroxylation is 2. The Labute approximate surface area is 132 Å². The molecule has 2 fully saturated rings. The number of aromatic nitrogens is 1. The number of likely N-dealkylation sites (N-methyl/N-ethyl adjacent to an activating group) is 1. The summed E-state index contributed by atoms with van der Waals surface area (Å²) in [5, 5.41) is 3.97. The summed E-state index contributed by atoms with van der Waals surface area (Å²) < 4.78 is 5.19. The third-order valence-corrected chi connectivity index (χ3v) is 5.41. The van der Waals surface area contributed by atoms with Crippen molar-refractivity contribution in [3.05, 3.63) is 17.0 Å². The largest absolute Gasteiger partial charge is 0.361 e. The van der Waals surface area contributed by atoms with Crippen LogP contribution in [0.2, 0.25) is 0 Å². The lowest BCUT2D eigenvalue weighted by Crippen LogP contribution is -2.47. The highest BCUT2D eigenvalue weighted by molar-refractivity contribution is 5.77. The molecule has 5 nitrogen and oxygen atoms in total. The summed E-state index contributed by atoms with van der Waals surface area (Å²) in [5.74, 6) is 1.14. The Kier molecular flexibility index (Phi) is 4.52. The van der Waals surface area contributed by atoms with Crippen LogP contribution in [0.15, 0.2) is 4.52 Å². The highest BCUT2D eigenvalue weighted by Gasteiger charge is 2.38. The number of carbonyl (C=O) groups is 1. The summed E-state index contributed by atoms with van der Waals surface area (Å²) in [6.07, 6.45) is 6.10. The topological polar surface area (TPSA) is 49.6 Å². The SMILES string of the molecule is Cc1noc(C)c1CCC(=O)N1CCC[C@H]1[C@@H]1CCCN1C. The van der Waals surface area contributed by atoms with Crippen LogP contribution in [0.5, 0.6) is 0 Å². The van der Waals surface area contributed by atoms with E-state index in [9.17, 15) is 4.79 Å². The molecule has 0 radical (unpaired) electrons. The summed E-state index contributed by atoms with van der Waals surface area (Å²) in [4.78, 5) is 17.3. The van der Waals surface area contributed by atoms with E-state index in [-0.39, 0.29) is 0 Å². The van der Waals surface area contributed by atoms with Gasteiger partial charge in [-0.1, -0.05) is 5.16 Å². The van der Waals surface area contributed by atoms with Crippen LogP contribution in [-0.2, 0) is 11.2 Å². The van der Waals surface area contributed by atoms with Crippen LogP contribution in [0.3, 0.4) is 0 Å². The molecule has 0 bridgehead atoms. The molecule has 3 rings (SSSR count). The molecule has 0 aromatic carbocycles. The van der Waals surface area contributed by atoms with Crippen LogP contribution in [0.4, 0.5) is 0 Å². The molecule has 1 aromatic rings. The Morgan fingerprint density at radius 1 is 1.23 bits per heavy atom. The Balaban J connectivity index is 1.61. The first-order valence-electron chi connectivity index (χ1n) is 8.49. The van der Waals surface area contributed by atoms with E-state index in [1.807, 2.05) is 13.8 Å². The second-order valence-corrected chi connectivity index (χ2v) is 6.79. The van der Waals surface area contributed by atoms with E-state index in [2.05, 4.69) is 22.0 Å². The molecule has 1 amide bonds. The molecule has 2 saturated heterocycles. The lowest BCUT2D eigenvalue weighted by atomic mass is 10.0. The number of carbonyl (C=O) groups excluding carboxylic acids is 1. The molecule has 0 aliphatic carbocycles. The number of nitrogens with zero attached hydrogens (tertiary/aromatic N) is 3. The van der Waals surface area contributed by atoms with E-state index >= 15 is 0 Å². The average Bonchev–Trinajstić information content (AvgIpc) is 3.18. The van der Waals surface area contributed by atoms with Crippen LogP contribution in [0.25, 0.3) is 0 Å². The zero-order valence-electron chi connectivity index (χ0n) is 14.0. The van der Waals surface area contributed by atoms with Gasteiger partial charge in [0.25, 0.3) is 0 Å². The molecule has 0 spiro atoms. The molecule has 0 N–H and O–H groups in total. The van der Waals surface area contributed by atoms with Crippen molar-refractivity contribution in [1.82, 2.24) is 15.0 Å². The first-order valence-corrected chi connectivity index (χ1v) is 8.49. The number of hydrogen-bond acceptors (Lipinski definition) is 4. The number of likely N-dealkylation sites (tertiary alicyclic amines) is 2. The molecule has 22 heavy (non-hydrogen) atoms. The van der Waals surface area contributed by atoms with Gasteiger partial charge < -0.3 is 14.3 Å². The molecular formula is C17H27N3O2. The van der Waals surface area contributed by atoms with Gasteiger partial charge in [-0.2, -0.15) is 0 Å². The van der Waals surface area contributed by atoms with E-state index in [4.69, 9.17) is 4.52 Å². The van der Waals surface area contributed by atoms with Crippen molar-refractivity contribution in [1.29, 1.82) is 0 Å². The second-order valence-electron chi connectivity index (χ2n) is 6.79. The monoisotopic (exact) mass is 305 g/mol. The maximum atomic E-state index is 12.7. The smallest absolute Gasteiger partial charge is 0.223 e. The third-order valence-electron chi connectivity index (χ3n) is 5.41. The van der Waals surface area contributed by atoms with Crippen molar-refractivity contribution in [2.75, 3.05) is 20.1 Å². The van der Waals surface area contributed by atoms with Gasteiger partial charge >= 0.3 is 0 Å². The van der Waals surface area contributed by atoms with E-state index in [1.165, 1.54) is 19.4 Å². The fraction of sp³-hybridized carbons (Fsp3) is 0.765. The molecule has 2 aliphatic rings. The molecular weight excluding hydrogens is 278 g/mol. The van der Waals surface area contributed by atoms with Crippen LogP contribution in [0.1, 0.15) is 49.1 Å². The zero-order valence-corrected chi connectivity index (χ0v) is 14.0. The lowest BCUT2D eigenvalue weighted by molar-refractivity contribution is -0.132. The maximum absolute atomic E-state index is 12.7. The van der Waals surface area contributed by atoms with Crippen LogP contribution < -0.4 is 0 Å². The summed E-state index contributed by atoms with van der Waals surface area (Å²) in [7, 11) is 2.20. The van der Waals surface area contributed by atoms with Gasteiger partial charge in [0.2, 0.25) is 5.91 Å². The van der Waals surface area contributed by atoms with E-state index < -0.39 is 0 Å². The zero-order chi connectivity index (χ0) is 15.7. The Bertz CT molecular complexity index is 521. The van der Waals surface area contributed by atoms with Crippen molar-refractivity contribution in [2.24, 2.45) is 0 Å². The lowest BCUT2D eigenvalue weighted by Gasteiger charge is -2.33. The Morgan fingerprint density at radius 3 is 2.59 bits per heavy atom. The first-order chi connectivity index (χ1) is 10.6. The highest BCUT2D eigenvalue weighted by atomic mass is 16.5. The van der Waals surface area contributed by atoms with Crippen LogP contribution >= 0.6 is 0 Å². The summed E-state index contributed by atoms with van der Waals surface area (Å²) in [6.45, 7) is 5.96. The second kappa shape index (κ2) is 6.41. The molecule has 2 atom stereocenters. The summed E-state index contributed by atoms with van der Waals surface area (Å²) >= 11 is 0. The summed E-state index contributed by atoms with van der Waals surface area (Å²) in [6, 6.07) is 0.982. The minimum Gasteiger partial charge on any atom is -0.361 e. The predicted molar refractivity (Wildman–Crippen MR) is 84.7 cm³/mol. The third kappa shape index (κ3) is 2.91. The van der Waals surface area contributed by atoms with Gasteiger partial charge in [-0.05, 0) is 59.5 Å².